The topological polar surface area (TPSA) is 3.88 Å². The lowest BCUT2D eigenvalue weighted by atomic mass is 9.12. The molecule has 310 valence electrons. The maximum absolute atomic E-state index is 15.4. The van der Waals surface area contributed by atoms with Crippen molar-refractivity contribution in [3.63, 3.8) is 0 Å². The number of hydrogen-bond acceptors (Lipinski definition) is 1. The van der Waals surface area contributed by atoms with Gasteiger partial charge in [0.2, 0.25) is 5.03 Å². The van der Waals surface area contributed by atoms with Gasteiger partial charge in [-0.1, -0.05) is 43.0 Å². The lowest BCUT2D eigenvalue weighted by Gasteiger charge is -2.44. The third-order valence-electron chi connectivity index (χ3n) is 8.82. The molecule has 0 aliphatic carbocycles. The molecular weight excluding hydrogens is 869 g/mol. The van der Waals surface area contributed by atoms with Gasteiger partial charge in [-0.15, -0.1) is 21.9 Å². The van der Waals surface area contributed by atoms with Crippen molar-refractivity contribution in [3.05, 3.63) is 177 Å². The van der Waals surface area contributed by atoms with E-state index in [1.54, 1.807) is 0 Å². The molecule has 0 amide bonds. The minimum atomic E-state index is -7.22. The Hall–Kier alpha value is -5.74. The molecule has 1 aromatic heterocycles. The maximum atomic E-state index is 15.4. The van der Waals surface area contributed by atoms with Crippen LogP contribution in [0.2, 0.25) is 0 Å². The van der Waals surface area contributed by atoms with Crippen LogP contribution in [0.5, 0.6) is 0 Å². The molecule has 0 bridgehead atoms. The molecule has 23 heteroatoms. The van der Waals surface area contributed by atoms with Crippen LogP contribution >= 0.6 is 12.6 Å². The van der Waals surface area contributed by atoms with Crippen LogP contribution in [0.3, 0.4) is 0 Å². The first kappa shape index (κ1) is 44.4. The third kappa shape index (κ3) is 7.01. The van der Waals surface area contributed by atoms with Gasteiger partial charge < -0.3 is 0 Å². The highest BCUT2D eigenvalue weighted by Crippen LogP contribution is 2.30. The normalized spacial score (nSPS) is 11.5. The largest absolute Gasteiger partial charge is 0.237 e. The Morgan fingerprint density at radius 1 is 0.322 bits per heavy atom. The highest BCUT2D eigenvalue weighted by atomic mass is 32.1. The van der Waals surface area contributed by atoms with Gasteiger partial charge in [-0.2, -0.15) is 4.57 Å². The number of rotatable bonds is 6. The molecule has 0 saturated heterocycles. The second kappa shape index (κ2) is 16.5. The fraction of sp³-hybridized carbons (Fsp3) is 0.0278. The number of hydrogen-bond donors (Lipinski definition) is 1. The predicted octanol–water partition coefficient (Wildman–Crippen LogP) is 8.16. The van der Waals surface area contributed by atoms with Gasteiger partial charge in [0.1, 0.15) is 52.7 Å². The summed E-state index contributed by atoms with van der Waals surface area (Å²) in [6, 6.07) is 16.4. The molecule has 0 radical (unpaired) electrons. The smallest absolute Gasteiger partial charge is 0.207 e. The van der Waals surface area contributed by atoms with E-state index in [4.69, 9.17) is 0 Å². The Balaban J connectivity index is 0.000000395. The summed E-state index contributed by atoms with van der Waals surface area (Å²) in [6.45, 7) is 0.876. The monoisotopic (exact) mass is 881 g/mol. The third-order valence-corrected chi connectivity index (χ3v) is 9.23. The Labute approximate surface area is 321 Å². The molecule has 0 aliphatic rings. The zero-order chi connectivity index (χ0) is 44.2. The molecular formula is C36H12BF20NS. The Morgan fingerprint density at radius 2 is 0.559 bits per heavy atom. The summed E-state index contributed by atoms with van der Waals surface area (Å²) in [5.41, 5.74) is -13.0. The molecule has 6 rings (SSSR count). The molecule has 0 spiro atoms. The van der Waals surface area contributed by atoms with Crippen molar-refractivity contribution >= 4 is 40.6 Å². The van der Waals surface area contributed by atoms with E-state index in [0.717, 1.165) is 11.6 Å². The van der Waals surface area contributed by atoms with Gasteiger partial charge in [0.15, 0.2) is 82.5 Å². The lowest BCUT2D eigenvalue weighted by molar-refractivity contribution is -0.724. The zero-order valence-corrected chi connectivity index (χ0v) is 28.8. The molecule has 6 aromatic rings. The van der Waals surface area contributed by atoms with Crippen LogP contribution in [0, 0.1) is 116 Å². The van der Waals surface area contributed by atoms with Crippen LogP contribution < -0.4 is 26.4 Å². The summed E-state index contributed by atoms with van der Waals surface area (Å²) in [6.07, 6.45) is -5.18. The number of thiol groups is 1. The average Bonchev–Trinajstić information content (AvgIpc) is 3.22. The van der Waals surface area contributed by atoms with Crippen molar-refractivity contribution in [2.24, 2.45) is 0 Å². The van der Waals surface area contributed by atoms with E-state index in [-0.39, 0.29) is 0 Å². The summed E-state index contributed by atoms with van der Waals surface area (Å²) in [4.78, 5) is 0. The first-order valence-electron chi connectivity index (χ1n) is 15.5. The van der Waals surface area contributed by atoms with Gasteiger partial charge in [0.05, 0.1) is 0 Å². The highest BCUT2D eigenvalue weighted by Gasteiger charge is 2.52. The second-order valence-electron chi connectivity index (χ2n) is 12.0. The fourth-order valence-corrected chi connectivity index (χ4v) is 6.48. The maximum Gasteiger partial charge on any atom is 0.237 e. The molecule has 0 aliphatic heterocycles. The van der Waals surface area contributed by atoms with Crippen LogP contribution in [0.25, 0.3) is 0 Å². The van der Waals surface area contributed by atoms with Gasteiger partial charge in [-0.3, -0.25) is 0 Å². The number of benzene rings is 5. The molecule has 59 heavy (non-hydrogen) atoms. The summed E-state index contributed by atoms with van der Waals surface area (Å²) < 4.78 is 296. The second-order valence-corrected chi connectivity index (χ2v) is 12.4. The van der Waals surface area contributed by atoms with Crippen molar-refractivity contribution in [2.75, 3.05) is 0 Å². The molecule has 0 unspecified atom stereocenters. The lowest BCUT2D eigenvalue weighted by Crippen LogP contribution is -2.81. The van der Waals surface area contributed by atoms with E-state index < -0.39 is 144 Å². The number of nitrogens with zero attached hydrogens (tertiary/aromatic N) is 1. The van der Waals surface area contributed by atoms with E-state index in [2.05, 4.69) is 41.5 Å². The molecule has 1 heterocycles. The molecule has 5 aromatic carbocycles. The van der Waals surface area contributed by atoms with Crippen molar-refractivity contribution < 1.29 is 92.4 Å². The van der Waals surface area contributed by atoms with Crippen LogP contribution in [-0.2, 0) is 6.54 Å². The van der Waals surface area contributed by atoms with Gasteiger partial charge in [0.25, 0.3) is 0 Å². The van der Waals surface area contributed by atoms with Gasteiger partial charge in [0, 0.05) is 17.7 Å². The molecule has 1 nitrogen and oxygen atoms in total. The Kier molecular flexibility index (Phi) is 12.4. The van der Waals surface area contributed by atoms with Crippen molar-refractivity contribution in [3.8, 4) is 0 Å². The van der Waals surface area contributed by atoms with E-state index in [1.165, 1.54) is 5.56 Å². The van der Waals surface area contributed by atoms with E-state index in [0.29, 0.717) is 0 Å². The zero-order valence-electron chi connectivity index (χ0n) is 27.9. The fourth-order valence-electron chi connectivity index (χ4n) is 6.26. The standard InChI is InChI=1S/C24BF20.C12H11NS/c26-5-1(6(27)14(35)21(42)13(5)34)25(2-7(28)15(36)22(43)16(37)8(2)29,3-9(30)17(38)23(44)18(39)10(3)31)4-11(32)19(40)24(45)20(41)12(4)33;14-12-8-4-5-9-13(12)10-11-6-2-1-3-7-11/h;1-9H,10H2/q-1;/p+1. The summed E-state index contributed by atoms with van der Waals surface area (Å²) >= 11 is 4.39. The summed E-state index contributed by atoms with van der Waals surface area (Å²) in [5, 5.41) is 0.983. The van der Waals surface area contributed by atoms with Gasteiger partial charge in [-0.25, -0.2) is 87.8 Å². The predicted molar refractivity (Wildman–Crippen MR) is 169 cm³/mol. The van der Waals surface area contributed by atoms with Crippen molar-refractivity contribution in [1.82, 2.24) is 0 Å². The minimum absolute atomic E-state index is 0.876. The highest BCUT2D eigenvalue weighted by molar-refractivity contribution is 7.80. The van der Waals surface area contributed by atoms with Crippen LogP contribution in [0.1, 0.15) is 5.56 Å². The quantitative estimate of drug-likeness (QED) is 0.0431. The van der Waals surface area contributed by atoms with Gasteiger partial charge >= 0.3 is 0 Å². The molecule has 0 N–H and O–H groups in total. The van der Waals surface area contributed by atoms with Crippen LogP contribution in [-0.4, -0.2) is 6.15 Å². The van der Waals surface area contributed by atoms with E-state index in [1.807, 2.05) is 30.5 Å². The summed E-state index contributed by atoms with van der Waals surface area (Å²) in [7, 11) is 0. The average molecular weight is 881 g/mol. The van der Waals surface area contributed by atoms with Crippen LogP contribution in [0.4, 0.5) is 87.8 Å². The molecule has 0 saturated carbocycles. The van der Waals surface area contributed by atoms with Gasteiger partial charge in [-0.05, 0) is 6.07 Å². The van der Waals surface area contributed by atoms with Crippen molar-refractivity contribution in [2.45, 2.75) is 11.6 Å². The minimum Gasteiger partial charge on any atom is -0.207 e. The molecule has 0 fully saturated rings. The van der Waals surface area contributed by atoms with E-state index >= 15 is 35.1 Å². The summed E-state index contributed by atoms with van der Waals surface area (Å²) in [5.74, 6) is -71.4. The number of pyridine rings is 1. The Bertz CT molecular complexity index is 2280. The van der Waals surface area contributed by atoms with Crippen molar-refractivity contribution in [1.29, 1.82) is 0 Å². The first-order chi connectivity index (χ1) is 27.6. The van der Waals surface area contributed by atoms with E-state index in [9.17, 15) is 52.7 Å². The number of aromatic nitrogens is 1. The first-order valence-corrected chi connectivity index (χ1v) is 16.0. The van der Waals surface area contributed by atoms with Crippen LogP contribution in [0.15, 0.2) is 59.8 Å². The SMILES string of the molecule is Fc1c(F)c(F)c([B-](c2c(F)c(F)c(F)c(F)c2F)(c2c(F)c(F)c(F)c(F)c2F)c2c(F)c(F)c(F)c(F)c2F)c(F)c1F.Sc1cccc[n+]1Cc1ccccc1. The Morgan fingerprint density at radius 3 is 0.814 bits per heavy atom. The molecule has 0 atom stereocenters. The number of halogens is 20.